The molecule has 1 fully saturated rings. The Hall–Kier alpha value is -1.85. The first kappa shape index (κ1) is 12.6. The van der Waals surface area contributed by atoms with E-state index in [9.17, 15) is 4.79 Å². The minimum atomic E-state index is -0.614. The molecule has 0 aromatic carbocycles. The van der Waals surface area contributed by atoms with Gasteiger partial charge >= 0.3 is 5.97 Å². The zero-order chi connectivity index (χ0) is 13.0. The highest BCUT2D eigenvalue weighted by Gasteiger charge is 2.26. The molecule has 0 amide bonds. The Morgan fingerprint density at radius 3 is 3.17 bits per heavy atom. The van der Waals surface area contributed by atoms with Gasteiger partial charge in [-0.05, 0) is 31.4 Å². The lowest BCUT2D eigenvalue weighted by Crippen LogP contribution is -2.05. The van der Waals surface area contributed by atoms with Gasteiger partial charge in [-0.3, -0.25) is 0 Å². The van der Waals surface area contributed by atoms with E-state index in [1.165, 1.54) is 30.3 Å². The summed E-state index contributed by atoms with van der Waals surface area (Å²) in [5.74, 6) is -0.0423. The molecule has 0 saturated heterocycles. The minimum absolute atomic E-state index is 0.0367. The van der Waals surface area contributed by atoms with Gasteiger partial charge < -0.3 is 4.74 Å². The van der Waals surface area contributed by atoms with Crippen LogP contribution in [0.5, 0.6) is 0 Å². The summed E-state index contributed by atoms with van der Waals surface area (Å²) in [6, 6.07) is 0. The zero-order valence-corrected chi connectivity index (χ0v) is 10.7. The van der Waals surface area contributed by atoms with Gasteiger partial charge in [-0.2, -0.15) is 0 Å². The van der Waals surface area contributed by atoms with Crippen LogP contribution in [-0.4, -0.2) is 17.6 Å². The van der Waals surface area contributed by atoms with Crippen molar-refractivity contribution in [3.8, 4) is 0 Å². The average molecular weight is 264 g/mol. The molecule has 1 heterocycles. The molecule has 0 unspecified atom stereocenters. The van der Waals surface area contributed by atoms with Gasteiger partial charge in [-0.1, -0.05) is 5.11 Å². The van der Waals surface area contributed by atoms with Gasteiger partial charge in [-0.25, -0.2) is 9.78 Å². The topological polar surface area (TPSA) is 88.0 Å². The van der Waals surface area contributed by atoms with E-state index in [-0.39, 0.29) is 12.3 Å². The number of hydrogen-bond donors (Lipinski definition) is 0. The molecular formula is C11H12N4O2S. The zero-order valence-electron chi connectivity index (χ0n) is 9.87. The van der Waals surface area contributed by atoms with E-state index in [2.05, 4.69) is 15.0 Å². The van der Waals surface area contributed by atoms with Crippen molar-refractivity contribution < 1.29 is 9.53 Å². The Kier molecular flexibility index (Phi) is 3.96. The predicted molar refractivity (Wildman–Crippen MR) is 67.8 cm³/mol. The molecule has 1 aliphatic carbocycles. The molecule has 1 saturated carbocycles. The van der Waals surface area contributed by atoms with Crippen molar-refractivity contribution in [2.75, 3.05) is 6.61 Å². The van der Waals surface area contributed by atoms with Gasteiger partial charge in [0.25, 0.3) is 0 Å². The number of nitrogens with zero attached hydrogens (tertiary/aromatic N) is 4. The fourth-order valence-electron chi connectivity index (χ4n) is 1.40. The number of carbonyl (C=O) groups is 1. The second-order valence-electron chi connectivity index (χ2n) is 3.81. The van der Waals surface area contributed by atoms with E-state index >= 15 is 0 Å². The van der Waals surface area contributed by atoms with Crippen LogP contribution in [0.25, 0.3) is 16.5 Å². The van der Waals surface area contributed by atoms with Crippen LogP contribution >= 0.6 is 11.3 Å². The van der Waals surface area contributed by atoms with Crippen molar-refractivity contribution in [1.29, 1.82) is 0 Å². The highest BCUT2D eigenvalue weighted by molar-refractivity contribution is 7.12. The Morgan fingerprint density at radius 2 is 2.56 bits per heavy atom. The third-order valence-corrected chi connectivity index (χ3v) is 3.49. The molecule has 1 aromatic heterocycles. The van der Waals surface area contributed by atoms with Crippen LogP contribution in [0.2, 0.25) is 0 Å². The third-order valence-electron chi connectivity index (χ3n) is 2.38. The Labute approximate surface area is 108 Å². The van der Waals surface area contributed by atoms with Crippen LogP contribution in [-0.2, 0) is 9.53 Å². The normalized spacial score (nSPS) is 15.1. The number of hydrogen-bond acceptors (Lipinski definition) is 5. The van der Waals surface area contributed by atoms with Crippen molar-refractivity contribution in [2.24, 2.45) is 5.11 Å². The van der Waals surface area contributed by atoms with Gasteiger partial charge in [0.05, 0.1) is 11.6 Å². The molecule has 6 nitrogen and oxygen atoms in total. The van der Waals surface area contributed by atoms with E-state index in [1.54, 1.807) is 13.1 Å². The van der Waals surface area contributed by atoms with E-state index in [1.807, 2.05) is 0 Å². The van der Waals surface area contributed by atoms with Crippen LogP contribution < -0.4 is 0 Å². The Bertz CT molecular complexity index is 527. The summed E-state index contributed by atoms with van der Waals surface area (Å²) in [6.07, 6.45) is 5.56. The summed E-state index contributed by atoms with van der Waals surface area (Å²) in [5.41, 5.74) is 8.40. The van der Waals surface area contributed by atoms with Gasteiger partial charge in [0.1, 0.15) is 5.70 Å². The lowest BCUT2D eigenvalue weighted by Gasteiger charge is -1.99. The quantitative estimate of drug-likeness (QED) is 0.269. The lowest BCUT2D eigenvalue weighted by atomic mass is 10.4. The monoisotopic (exact) mass is 264 g/mol. The van der Waals surface area contributed by atoms with E-state index in [0.717, 1.165) is 9.88 Å². The summed E-state index contributed by atoms with van der Waals surface area (Å²) in [5, 5.41) is 4.43. The van der Waals surface area contributed by atoms with Crippen LogP contribution in [0.3, 0.4) is 0 Å². The van der Waals surface area contributed by atoms with Crippen molar-refractivity contribution in [3.05, 3.63) is 32.2 Å². The number of carbonyl (C=O) groups excluding carboxylic acids is 1. The number of esters is 1. The summed E-state index contributed by atoms with van der Waals surface area (Å²) >= 11 is 1.51. The number of aromatic nitrogens is 1. The molecule has 18 heavy (non-hydrogen) atoms. The second kappa shape index (κ2) is 5.66. The predicted octanol–water partition coefficient (Wildman–Crippen LogP) is 3.23. The van der Waals surface area contributed by atoms with Crippen LogP contribution in [0.1, 0.15) is 35.6 Å². The van der Waals surface area contributed by atoms with Crippen molar-refractivity contribution in [2.45, 2.75) is 25.7 Å². The van der Waals surface area contributed by atoms with Gasteiger partial charge in [0.15, 0.2) is 0 Å². The maximum atomic E-state index is 11.5. The highest BCUT2D eigenvalue weighted by Crippen LogP contribution is 2.42. The number of ether oxygens (including phenoxy) is 1. The number of rotatable bonds is 5. The largest absolute Gasteiger partial charge is 0.462 e. The first-order valence-electron chi connectivity index (χ1n) is 5.64. The van der Waals surface area contributed by atoms with E-state index in [0.29, 0.717) is 5.92 Å². The molecule has 0 radical (unpaired) electrons. The lowest BCUT2D eigenvalue weighted by molar-refractivity contribution is -0.138. The first-order chi connectivity index (χ1) is 8.74. The van der Waals surface area contributed by atoms with Crippen LogP contribution in [0.15, 0.2) is 17.0 Å². The Balaban J connectivity index is 2.19. The molecule has 0 aliphatic heterocycles. The molecule has 94 valence electrons. The molecule has 2 rings (SSSR count). The van der Waals surface area contributed by atoms with Gasteiger partial charge in [-0.15, -0.1) is 11.3 Å². The van der Waals surface area contributed by atoms with Crippen LogP contribution in [0.4, 0.5) is 0 Å². The molecule has 1 aromatic rings. The molecule has 0 spiro atoms. The van der Waals surface area contributed by atoms with Gasteiger partial charge in [0.2, 0.25) is 0 Å². The standard InChI is InChI=1S/C11H12N4O2S/c1-2-17-11(16)9(14-15-12)5-8-6-13-10(18-8)7-3-4-7/h5-7H,2-4H2,1H3/b9-5-. The molecule has 7 heteroatoms. The Morgan fingerprint density at radius 1 is 1.78 bits per heavy atom. The fraction of sp³-hybridized carbons (Fsp3) is 0.455. The summed E-state index contributed by atoms with van der Waals surface area (Å²) < 4.78 is 4.81. The third kappa shape index (κ3) is 3.09. The summed E-state index contributed by atoms with van der Waals surface area (Å²) in [6.45, 7) is 1.94. The summed E-state index contributed by atoms with van der Waals surface area (Å²) in [7, 11) is 0. The van der Waals surface area contributed by atoms with Crippen molar-refractivity contribution >= 4 is 23.4 Å². The smallest absolute Gasteiger partial charge is 0.340 e. The fourth-order valence-corrected chi connectivity index (χ4v) is 2.43. The molecule has 0 atom stereocenters. The highest BCUT2D eigenvalue weighted by atomic mass is 32.1. The molecule has 1 aliphatic rings. The molecule has 0 bridgehead atoms. The van der Waals surface area contributed by atoms with Crippen LogP contribution in [0, 0.1) is 0 Å². The SMILES string of the molecule is CCOC(=O)/C(=C/c1cnc(C2CC2)s1)N=[N+]=[N-]. The maximum Gasteiger partial charge on any atom is 0.340 e. The van der Waals surface area contributed by atoms with E-state index in [4.69, 9.17) is 10.3 Å². The molecular weight excluding hydrogens is 252 g/mol. The first-order valence-corrected chi connectivity index (χ1v) is 6.46. The van der Waals surface area contributed by atoms with E-state index < -0.39 is 5.97 Å². The van der Waals surface area contributed by atoms with Crippen molar-refractivity contribution in [1.82, 2.24) is 4.98 Å². The molecule has 0 N–H and O–H groups in total. The second-order valence-corrected chi connectivity index (χ2v) is 4.91. The number of azide groups is 1. The summed E-state index contributed by atoms with van der Waals surface area (Å²) in [4.78, 5) is 19.2. The van der Waals surface area contributed by atoms with Crippen molar-refractivity contribution in [3.63, 3.8) is 0 Å². The van der Waals surface area contributed by atoms with Gasteiger partial charge in [0, 0.05) is 21.9 Å². The maximum absolute atomic E-state index is 11.5. The average Bonchev–Trinajstić information content (AvgIpc) is 3.10. The minimum Gasteiger partial charge on any atom is -0.462 e. The number of thiazole rings is 1.